The zero-order chi connectivity index (χ0) is 21.3. The summed E-state index contributed by atoms with van der Waals surface area (Å²) in [5.74, 6) is 0.380. The van der Waals surface area contributed by atoms with E-state index in [1.165, 1.54) is 6.07 Å². The van der Waals surface area contributed by atoms with Gasteiger partial charge in [-0.15, -0.1) is 4.40 Å². The summed E-state index contributed by atoms with van der Waals surface area (Å²) in [5, 5.41) is 9.97. The smallest absolute Gasteiger partial charge is 0.257 e. The number of benzene rings is 2. The molecule has 0 saturated carbocycles. The fraction of sp³-hybridized carbons (Fsp3) is 0.300. The Morgan fingerprint density at radius 2 is 2.07 bits per heavy atom. The third-order valence-corrected chi connectivity index (χ3v) is 6.12. The van der Waals surface area contributed by atoms with Crippen molar-refractivity contribution in [2.75, 3.05) is 24.4 Å². The third kappa shape index (κ3) is 4.16. The van der Waals surface area contributed by atoms with Crippen molar-refractivity contribution in [2.24, 2.45) is 16.0 Å². The van der Waals surface area contributed by atoms with Gasteiger partial charge in [-0.05, 0) is 48.1 Å². The van der Waals surface area contributed by atoms with Crippen LogP contribution >= 0.6 is 11.0 Å². The number of amidine groups is 1. The number of amides is 1. The van der Waals surface area contributed by atoms with Gasteiger partial charge in [-0.25, -0.2) is 0 Å². The van der Waals surface area contributed by atoms with Crippen LogP contribution < -0.4 is 15.2 Å². The highest BCUT2D eigenvalue weighted by molar-refractivity contribution is 8.24. The number of piperidine rings is 1. The topological polar surface area (TPSA) is 141 Å². The molecule has 30 heavy (non-hydrogen) atoms. The summed E-state index contributed by atoms with van der Waals surface area (Å²) in [5.41, 5.74) is 7.15. The molecule has 2 aliphatic heterocycles. The molecule has 0 spiro atoms. The van der Waals surface area contributed by atoms with Crippen molar-refractivity contribution < 1.29 is 23.7 Å². The van der Waals surface area contributed by atoms with Gasteiger partial charge < -0.3 is 20.5 Å². The molecule has 2 aromatic carbocycles. The number of fused-ring (bicyclic) bond motifs is 1. The molecular formula is C20H24N4O5S. The molecule has 160 valence electrons. The number of nitrogens with one attached hydrogen (secondary N) is 1. The molecule has 6 N–H and O–H groups in total. The lowest BCUT2D eigenvalue weighted by molar-refractivity contribution is 0.0630. The summed E-state index contributed by atoms with van der Waals surface area (Å²) < 4.78 is 31.8. The first kappa shape index (κ1) is 20.3. The van der Waals surface area contributed by atoms with Gasteiger partial charge in [0, 0.05) is 19.0 Å². The number of nitrogens with zero attached hydrogens (tertiary/aromatic N) is 2. The van der Waals surface area contributed by atoms with Crippen LogP contribution in [0.3, 0.4) is 0 Å². The minimum Gasteiger partial charge on any atom is -0.507 e. The predicted octanol–water partition coefficient (Wildman–Crippen LogP) is 3.03. The second-order valence-corrected chi connectivity index (χ2v) is 8.79. The summed E-state index contributed by atoms with van der Waals surface area (Å²) in [4.78, 5) is 14.5. The molecule has 1 amide bonds. The van der Waals surface area contributed by atoms with Gasteiger partial charge in [0.1, 0.15) is 11.5 Å². The van der Waals surface area contributed by atoms with Crippen molar-refractivity contribution in [3.05, 3.63) is 53.6 Å². The van der Waals surface area contributed by atoms with E-state index in [1.807, 2.05) is 0 Å². The van der Waals surface area contributed by atoms with E-state index in [-0.39, 0.29) is 23.4 Å². The Bertz CT molecular complexity index is 997. The van der Waals surface area contributed by atoms with Crippen molar-refractivity contribution in [1.82, 2.24) is 4.90 Å². The minimum atomic E-state index is -3.35. The summed E-state index contributed by atoms with van der Waals surface area (Å²) >= 11 is 0. The van der Waals surface area contributed by atoms with Crippen LogP contribution in [0.1, 0.15) is 28.8 Å². The summed E-state index contributed by atoms with van der Waals surface area (Å²) in [6.45, 7) is 1.51. The summed E-state index contributed by atoms with van der Waals surface area (Å²) in [6, 6.07) is 11.7. The Kier molecular flexibility index (Phi) is 5.46. The molecule has 1 fully saturated rings. The maximum Gasteiger partial charge on any atom is 0.257 e. The van der Waals surface area contributed by atoms with Gasteiger partial charge in [-0.2, -0.15) is 0 Å². The fourth-order valence-electron chi connectivity index (χ4n) is 3.77. The van der Waals surface area contributed by atoms with Crippen molar-refractivity contribution in [3.8, 4) is 11.5 Å². The van der Waals surface area contributed by atoms with Crippen LogP contribution in [-0.4, -0.2) is 50.6 Å². The van der Waals surface area contributed by atoms with E-state index in [0.717, 1.165) is 12.8 Å². The van der Waals surface area contributed by atoms with Crippen molar-refractivity contribution >= 4 is 28.4 Å². The number of phenolic OH excluding ortho intramolecular Hbond substituents is 1. The first-order valence-electron chi connectivity index (χ1n) is 9.59. The Balaban J connectivity index is 1.44. The number of hydrogen-bond donors (Lipinski definition) is 5. The Morgan fingerprint density at radius 3 is 2.87 bits per heavy atom. The van der Waals surface area contributed by atoms with Gasteiger partial charge in [0.25, 0.3) is 5.91 Å². The number of ether oxygens (including phenoxy) is 1. The lowest BCUT2D eigenvalue weighted by Gasteiger charge is -2.34. The van der Waals surface area contributed by atoms with E-state index in [9.17, 15) is 19.0 Å². The van der Waals surface area contributed by atoms with E-state index in [0.29, 0.717) is 42.3 Å². The van der Waals surface area contributed by atoms with E-state index in [1.54, 1.807) is 41.3 Å². The Hall–Kier alpha value is -2.95. The Morgan fingerprint density at radius 1 is 1.27 bits per heavy atom. The number of phenols is 1. The van der Waals surface area contributed by atoms with Gasteiger partial charge in [-0.1, -0.05) is 18.2 Å². The molecule has 1 atom stereocenters. The standard InChI is InChI=1S/C20H24N4O5S/c21-19-18-15(22-30(27,28)23-19)7-3-9-17(18)29-12-13-5-4-10-24(11-13)20(26)14-6-1-2-8-16(14)25/h1-3,6-9,13,22,25,27-28H,4-5,10-12H2,(H2,21,23)/t13-/m0/s1. The van der Waals surface area contributed by atoms with Gasteiger partial charge in [0.2, 0.25) is 0 Å². The second-order valence-electron chi connectivity index (χ2n) is 7.36. The van der Waals surface area contributed by atoms with Crippen molar-refractivity contribution in [2.45, 2.75) is 12.8 Å². The van der Waals surface area contributed by atoms with Gasteiger partial charge in [0.05, 0.1) is 23.4 Å². The number of hydrogen-bond acceptors (Lipinski definition) is 8. The lowest BCUT2D eigenvalue weighted by Crippen LogP contribution is -2.41. The molecule has 9 nitrogen and oxygen atoms in total. The van der Waals surface area contributed by atoms with Crippen LogP contribution in [0.5, 0.6) is 11.5 Å². The molecule has 0 aromatic heterocycles. The number of carbonyl (C=O) groups excluding carboxylic acids is 1. The molecule has 0 radical (unpaired) electrons. The quantitative estimate of drug-likeness (QED) is 0.500. The maximum absolute atomic E-state index is 12.8. The number of likely N-dealkylation sites (tertiary alicyclic amines) is 1. The molecule has 0 unspecified atom stereocenters. The molecule has 1 saturated heterocycles. The molecule has 2 aliphatic rings. The molecule has 2 aromatic rings. The maximum atomic E-state index is 12.8. The van der Waals surface area contributed by atoms with Crippen LogP contribution in [0.4, 0.5) is 5.69 Å². The van der Waals surface area contributed by atoms with E-state index in [2.05, 4.69) is 9.12 Å². The van der Waals surface area contributed by atoms with Crippen molar-refractivity contribution in [3.63, 3.8) is 0 Å². The number of carbonyl (C=O) groups is 1. The minimum absolute atomic E-state index is 0.000601. The fourth-order valence-corrected chi connectivity index (χ4v) is 4.65. The molecule has 0 bridgehead atoms. The predicted molar refractivity (Wildman–Crippen MR) is 116 cm³/mol. The molecule has 0 aliphatic carbocycles. The highest BCUT2D eigenvalue weighted by atomic mass is 32.3. The van der Waals surface area contributed by atoms with Gasteiger partial charge in [-0.3, -0.25) is 18.6 Å². The number of para-hydroxylation sites is 1. The number of rotatable bonds is 4. The zero-order valence-electron chi connectivity index (χ0n) is 16.2. The van der Waals surface area contributed by atoms with Crippen molar-refractivity contribution in [1.29, 1.82) is 0 Å². The molecule has 4 rings (SSSR count). The summed E-state index contributed by atoms with van der Waals surface area (Å²) in [7, 11) is -3.35. The number of nitrogens with two attached hydrogens (primary N) is 1. The number of aromatic hydroxyl groups is 1. The van der Waals surface area contributed by atoms with Gasteiger partial charge in [0.15, 0.2) is 5.84 Å². The van der Waals surface area contributed by atoms with E-state index >= 15 is 0 Å². The van der Waals surface area contributed by atoms with Crippen LogP contribution in [0.2, 0.25) is 0 Å². The average Bonchev–Trinajstić information content (AvgIpc) is 2.71. The largest absolute Gasteiger partial charge is 0.507 e. The molecular weight excluding hydrogens is 408 g/mol. The average molecular weight is 433 g/mol. The highest BCUT2D eigenvalue weighted by Crippen LogP contribution is 2.46. The first-order valence-corrected chi connectivity index (χ1v) is 11.1. The summed E-state index contributed by atoms with van der Waals surface area (Å²) in [6.07, 6.45) is 1.74. The van der Waals surface area contributed by atoms with Crippen LogP contribution in [0.15, 0.2) is 46.9 Å². The van der Waals surface area contributed by atoms with Gasteiger partial charge >= 0.3 is 0 Å². The first-order chi connectivity index (χ1) is 14.3. The molecule has 10 heteroatoms. The highest BCUT2D eigenvalue weighted by Gasteiger charge is 2.28. The monoisotopic (exact) mass is 432 g/mol. The SMILES string of the molecule is NC1=NS(O)(O)Nc2cccc(OC[C@H]3CCCN(C(=O)c4ccccc4O)C3)c21. The Labute approximate surface area is 175 Å². The lowest BCUT2D eigenvalue weighted by atomic mass is 9.98. The number of anilines is 1. The van der Waals surface area contributed by atoms with Crippen LogP contribution in [0.25, 0.3) is 0 Å². The normalized spacial score (nSPS) is 21.1. The van der Waals surface area contributed by atoms with E-state index in [4.69, 9.17) is 10.5 Å². The second kappa shape index (κ2) is 8.05. The van der Waals surface area contributed by atoms with Crippen LogP contribution in [0, 0.1) is 5.92 Å². The third-order valence-electron chi connectivity index (χ3n) is 5.17. The molecule has 2 heterocycles. The van der Waals surface area contributed by atoms with E-state index < -0.39 is 11.0 Å². The van der Waals surface area contributed by atoms with Crippen LogP contribution in [-0.2, 0) is 0 Å². The zero-order valence-corrected chi connectivity index (χ0v) is 17.0.